The molecule has 1 aromatic carbocycles. The maximum absolute atomic E-state index is 12.6. The molecule has 1 N–H and O–H groups in total. The summed E-state index contributed by atoms with van der Waals surface area (Å²) in [6.45, 7) is 3.66. The van der Waals surface area contributed by atoms with Crippen molar-refractivity contribution in [1.82, 2.24) is 15.5 Å². The van der Waals surface area contributed by atoms with Crippen molar-refractivity contribution in [2.45, 2.75) is 26.3 Å². The number of rotatable bonds is 5. The van der Waals surface area contributed by atoms with Crippen molar-refractivity contribution in [2.24, 2.45) is 0 Å². The lowest BCUT2D eigenvalue weighted by molar-refractivity contribution is -0.121. The largest absolute Gasteiger partial charge is 0.361 e. The Bertz CT molecular complexity index is 754. The zero-order valence-corrected chi connectivity index (χ0v) is 13.7. The van der Waals surface area contributed by atoms with Gasteiger partial charge in [-0.1, -0.05) is 41.6 Å². The minimum atomic E-state index is -0.291. The van der Waals surface area contributed by atoms with Crippen molar-refractivity contribution in [3.05, 3.63) is 83.0 Å². The second kappa shape index (κ2) is 7.08. The second-order valence-corrected chi connectivity index (χ2v) is 5.65. The summed E-state index contributed by atoms with van der Waals surface area (Å²) >= 11 is 0. The number of nitrogens with zero attached hydrogens (tertiary/aromatic N) is 2. The summed E-state index contributed by atoms with van der Waals surface area (Å²) in [7, 11) is 0. The zero-order chi connectivity index (χ0) is 16.9. The standard InChI is InChI=1S/C19H19N3O2/c1-13-16(14(2)24-22-13)12-18(23)21-19(15-8-4-3-5-9-15)17-10-6-7-11-20-17/h3-11,19H,12H2,1-2H3,(H,21,23). The van der Waals surface area contributed by atoms with Gasteiger partial charge in [0.25, 0.3) is 0 Å². The van der Waals surface area contributed by atoms with Gasteiger partial charge in [-0.2, -0.15) is 0 Å². The van der Waals surface area contributed by atoms with Crippen molar-refractivity contribution < 1.29 is 9.32 Å². The van der Waals surface area contributed by atoms with Crippen LogP contribution in [0.2, 0.25) is 0 Å². The molecule has 1 atom stereocenters. The van der Waals surface area contributed by atoms with E-state index in [9.17, 15) is 4.79 Å². The third kappa shape index (κ3) is 3.51. The molecule has 0 spiro atoms. The van der Waals surface area contributed by atoms with Crippen LogP contribution >= 0.6 is 0 Å². The smallest absolute Gasteiger partial charge is 0.225 e. The molecular formula is C19H19N3O2. The van der Waals surface area contributed by atoms with Gasteiger partial charge in [-0.05, 0) is 31.5 Å². The molecule has 3 aromatic rings. The number of nitrogens with one attached hydrogen (secondary N) is 1. The molecule has 0 saturated carbocycles. The summed E-state index contributed by atoms with van der Waals surface area (Å²) in [5.41, 5.74) is 3.37. The van der Waals surface area contributed by atoms with Gasteiger partial charge in [0.05, 0.1) is 23.9 Å². The van der Waals surface area contributed by atoms with Crippen LogP contribution in [-0.2, 0) is 11.2 Å². The topological polar surface area (TPSA) is 68.0 Å². The molecule has 2 aromatic heterocycles. The van der Waals surface area contributed by atoms with Crippen LogP contribution in [0.5, 0.6) is 0 Å². The molecule has 1 amide bonds. The van der Waals surface area contributed by atoms with Crippen molar-refractivity contribution in [2.75, 3.05) is 0 Å². The highest BCUT2D eigenvalue weighted by molar-refractivity contribution is 5.79. The Morgan fingerprint density at radius 3 is 2.50 bits per heavy atom. The molecule has 5 nitrogen and oxygen atoms in total. The fourth-order valence-electron chi connectivity index (χ4n) is 2.65. The monoisotopic (exact) mass is 321 g/mol. The Hall–Kier alpha value is -2.95. The van der Waals surface area contributed by atoms with Gasteiger partial charge in [-0.25, -0.2) is 0 Å². The Kier molecular flexibility index (Phi) is 4.70. The van der Waals surface area contributed by atoms with E-state index in [1.54, 1.807) is 6.20 Å². The van der Waals surface area contributed by atoms with Crippen LogP contribution in [0.25, 0.3) is 0 Å². The van der Waals surface area contributed by atoms with Crippen molar-refractivity contribution in [3.63, 3.8) is 0 Å². The van der Waals surface area contributed by atoms with Crippen molar-refractivity contribution in [1.29, 1.82) is 0 Å². The van der Waals surface area contributed by atoms with Crippen LogP contribution in [-0.4, -0.2) is 16.0 Å². The maximum Gasteiger partial charge on any atom is 0.225 e. The van der Waals surface area contributed by atoms with Crippen LogP contribution in [0.3, 0.4) is 0 Å². The molecule has 2 heterocycles. The molecule has 122 valence electrons. The highest BCUT2D eigenvalue weighted by Gasteiger charge is 2.20. The number of pyridine rings is 1. The van der Waals surface area contributed by atoms with Crippen molar-refractivity contribution in [3.8, 4) is 0 Å². The fourth-order valence-corrected chi connectivity index (χ4v) is 2.65. The minimum Gasteiger partial charge on any atom is -0.361 e. The van der Waals surface area contributed by atoms with Gasteiger partial charge in [0.15, 0.2) is 0 Å². The van der Waals surface area contributed by atoms with Crippen LogP contribution < -0.4 is 5.32 Å². The molecular weight excluding hydrogens is 302 g/mol. The molecule has 24 heavy (non-hydrogen) atoms. The zero-order valence-electron chi connectivity index (χ0n) is 13.7. The number of carbonyl (C=O) groups excluding carboxylic acids is 1. The van der Waals surface area contributed by atoms with Gasteiger partial charge in [0, 0.05) is 11.8 Å². The molecule has 0 saturated heterocycles. The molecule has 0 bridgehead atoms. The molecule has 0 aliphatic rings. The van der Waals surface area contributed by atoms with Crippen LogP contribution in [0.15, 0.2) is 59.3 Å². The summed E-state index contributed by atoms with van der Waals surface area (Å²) in [4.78, 5) is 17.0. The predicted octanol–water partition coefficient (Wildman–Crippen LogP) is 3.13. The first-order chi connectivity index (χ1) is 11.6. The minimum absolute atomic E-state index is 0.0936. The lowest BCUT2D eigenvalue weighted by atomic mass is 10.0. The first kappa shape index (κ1) is 15.9. The SMILES string of the molecule is Cc1noc(C)c1CC(=O)NC(c1ccccc1)c1ccccn1. The number of amides is 1. The normalized spacial score (nSPS) is 11.9. The van der Waals surface area contributed by atoms with E-state index in [-0.39, 0.29) is 18.4 Å². The first-order valence-electron chi connectivity index (χ1n) is 7.82. The van der Waals surface area contributed by atoms with Gasteiger partial charge >= 0.3 is 0 Å². The highest BCUT2D eigenvalue weighted by Crippen LogP contribution is 2.21. The van der Waals surface area contributed by atoms with Crippen LogP contribution in [0.1, 0.15) is 34.3 Å². The van der Waals surface area contributed by atoms with E-state index >= 15 is 0 Å². The number of hydrogen-bond acceptors (Lipinski definition) is 4. The number of hydrogen-bond donors (Lipinski definition) is 1. The molecule has 0 fully saturated rings. The predicted molar refractivity (Wildman–Crippen MR) is 90.3 cm³/mol. The van der Waals surface area contributed by atoms with E-state index in [0.29, 0.717) is 5.76 Å². The molecule has 5 heteroatoms. The Morgan fingerprint density at radius 1 is 1.12 bits per heavy atom. The van der Waals surface area contributed by atoms with Gasteiger partial charge in [-0.15, -0.1) is 0 Å². The Balaban J connectivity index is 1.83. The van der Waals surface area contributed by atoms with Crippen molar-refractivity contribution >= 4 is 5.91 Å². The summed E-state index contributed by atoms with van der Waals surface area (Å²) in [5, 5.41) is 6.97. The average Bonchev–Trinajstić information content (AvgIpc) is 2.93. The average molecular weight is 321 g/mol. The quantitative estimate of drug-likeness (QED) is 0.784. The maximum atomic E-state index is 12.6. The van der Waals surface area contributed by atoms with E-state index in [1.807, 2.05) is 62.4 Å². The molecule has 0 radical (unpaired) electrons. The van der Waals surface area contributed by atoms with E-state index in [1.165, 1.54) is 0 Å². The summed E-state index contributed by atoms with van der Waals surface area (Å²) in [5.74, 6) is 0.584. The Morgan fingerprint density at radius 2 is 1.88 bits per heavy atom. The molecule has 0 aliphatic heterocycles. The van der Waals surface area contributed by atoms with Gasteiger partial charge < -0.3 is 9.84 Å². The fraction of sp³-hybridized carbons (Fsp3) is 0.211. The van der Waals surface area contributed by atoms with Crippen LogP contribution in [0.4, 0.5) is 0 Å². The van der Waals surface area contributed by atoms with E-state index in [2.05, 4.69) is 15.5 Å². The Labute approximate surface area is 140 Å². The van der Waals surface area contributed by atoms with Gasteiger partial charge in [-0.3, -0.25) is 9.78 Å². The second-order valence-electron chi connectivity index (χ2n) is 5.65. The molecule has 1 unspecified atom stereocenters. The third-order valence-corrected chi connectivity index (χ3v) is 3.94. The molecule has 3 rings (SSSR count). The van der Waals surface area contributed by atoms with E-state index in [4.69, 9.17) is 4.52 Å². The molecule has 0 aliphatic carbocycles. The summed E-state index contributed by atoms with van der Waals surface area (Å²) in [6, 6.07) is 15.2. The summed E-state index contributed by atoms with van der Waals surface area (Å²) in [6.07, 6.45) is 1.96. The number of aryl methyl sites for hydroxylation is 2. The van der Waals surface area contributed by atoms with Crippen LogP contribution in [0, 0.1) is 13.8 Å². The third-order valence-electron chi connectivity index (χ3n) is 3.94. The van der Waals surface area contributed by atoms with Gasteiger partial charge in [0.1, 0.15) is 5.76 Å². The summed E-state index contributed by atoms with van der Waals surface area (Å²) < 4.78 is 5.13. The first-order valence-corrected chi connectivity index (χ1v) is 7.82. The number of benzene rings is 1. The van der Waals surface area contributed by atoms with E-state index in [0.717, 1.165) is 22.5 Å². The lowest BCUT2D eigenvalue weighted by Crippen LogP contribution is -2.31. The lowest BCUT2D eigenvalue weighted by Gasteiger charge is -2.19. The highest BCUT2D eigenvalue weighted by atomic mass is 16.5. The van der Waals surface area contributed by atoms with Gasteiger partial charge in [0.2, 0.25) is 5.91 Å². The van der Waals surface area contributed by atoms with E-state index < -0.39 is 0 Å². The number of aromatic nitrogens is 2. The number of carbonyl (C=O) groups is 1.